The molecule has 0 saturated carbocycles. The molecule has 10 nitrogen and oxygen atoms in total. The van der Waals surface area contributed by atoms with E-state index >= 15 is 0 Å². The van der Waals surface area contributed by atoms with Gasteiger partial charge in [0.1, 0.15) is 10.0 Å². The maximum atomic E-state index is 11.6. The van der Waals surface area contributed by atoms with Crippen LogP contribution in [0, 0.1) is 13.8 Å². The maximum absolute atomic E-state index is 11.6. The molecule has 0 aliphatic heterocycles. The standard InChI is InChI=1S/C28H20N4O3S3.O3S/c1-16-4-3-5-22-25(16)36-27(29-22)18-6-10-20(11-7-18)31-32-21-12-8-19(9-13-21)28-30-23-14-15-24(38(33,34)35)17(2)26(23)37-28;1-4(2)3/h3-15H,1-2H3,(H,33,34,35);. The Morgan fingerprint density at radius 2 is 1.17 bits per heavy atom. The van der Waals surface area contributed by atoms with Gasteiger partial charge in [-0.2, -0.15) is 18.6 Å². The first-order valence-electron chi connectivity index (χ1n) is 12.1. The lowest BCUT2D eigenvalue weighted by Gasteiger charge is -2.01. The Balaban J connectivity index is 0.000000830. The molecule has 6 rings (SSSR count). The van der Waals surface area contributed by atoms with Crippen molar-refractivity contribution in [2.75, 3.05) is 0 Å². The Morgan fingerprint density at radius 3 is 1.64 bits per heavy atom. The van der Waals surface area contributed by atoms with E-state index in [2.05, 4.69) is 28.2 Å². The van der Waals surface area contributed by atoms with Crippen LogP contribution in [-0.2, 0) is 20.7 Å². The van der Waals surface area contributed by atoms with E-state index in [-0.39, 0.29) is 4.90 Å². The zero-order valence-electron chi connectivity index (χ0n) is 21.9. The minimum Gasteiger partial charge on any atom is -0.282 e. The van der Waals surface area contributed by atoms with Crippen LogP contribution in [-0.4, -0.2) is 35.6 Å². The Kier molecular flexibility index (Phi) is 8.34. The predicted molar refractivity (Wildman–Crippen MR) is 163 cm³/mol. The van der Waals surface area contributed by atoms with Gasteiger partial charge in [-0.15, -0.1) is 35.3 Å². The normalized spacial score (nSPS) is 11.6. The molecule has 212 valence electrons. The van der Waals surface area contributed by atoms with Crippen molar-refractivity contribution in [3.63, 3.8) is 0 Å². The minimum atomic E-state index is -4.29. The smallest absolute Gasteiger partial charge is 0.282 e. The topological polar surface area (TPSA) is 156 Å². The molecule has 0 aliphatic carbocycles. The lowest BCUT2D eigenvalue weighted by molar-refractivity contribution is 0.482. The summed E-state index contributed by atoms with van der Waals surface area (Å²) >= 11 is 3.07. The van der Waals surface area contributed by atoms with E-state index in [9.17, 15) is 13.0 Å². The van der Waals surface area contributed by atoms with E-state index in [1.807, 2.05) is 60.7 Å². The third-order valence-corrected chi connectivity index (χ3v) is 9.65. The van der Waals surface area contributed by atoms with Crippen LogP contribution in [0.2, 0.25) is 0 Å². The zero-order chi connectivity index (χ0) is 30.0. The monoisotopic (exact) mass is 636 g/mol. The fourth-order valence-electron chi connectivity index (χ4n) is 4.17. The van der Waals surface area contributed by atoms with Gasteiger partial charge in [-0.1, -0.05) is 12.1 Å². The van der Waals surface area contributed by atoms with E-state index in [0.29, 0.717) is 16.8 Å². The molecule has 42 heavy (non-hydrogen) atoms. The van der Waals surface area contributed by atoms with Crippen molar-refractivity contribution in [1.29, 1.82) is 0 Å². The van der Waals surface area contributed by atoms with Gasteiger partial charge in [-0.25, -0.2) is 9.97 Å². The summed E-state index contributed by atoms with van der Waals surface area (Å²) in [5.74, 6) is 0. The summed E-state index contributed by atoms with van der Waals surface area (Å²) in [6.07, 6.45) is 0. The summed E-state index contributed by atoms with van der Waals surface area (Å²) in [6.45, 7) is 3.77. The Labute approximate surface area is 249 Å². The molecule has 2 aromatic heterocycles. The highest BCUT2D eigenvalue weighted by atomic mass is 32.2. The van der Waals surface area contributed by atoms with Crippen molar-refractivity contribution in [3.05, 3.63) is 90.0 Å². The second-order valence-electron chi connectivity index (χ2n) is 8.97. The third kappa shape index (κ3) is 6.48. The van der Waals surface area contributed by atoms with Crippen LogP contribution in [0.3, 0.4) is 0 Å². The van der Waals surface area contributed by atoms with Crippen molar-refractivity contribution in [2.24, 2.45) is 10.2 Å². The lowest BCUT2D eigenvalue weighted by atomic mass is 10.2. The second-order valence-corrected chi connectivity index (χ2v) is 12.8. The summed E-state index contributed by atoms with van der Waals surface area (Å²) in [6, 6.07) is 24.6. The zero-order valence-corrected chi connectivity index (χ0v) is 25.2. The highest BCUT2D eigenvalue weighted by Crippen LogP contribution is 2.36. The summed E-state index contributed by atoms with van der Waals surface area (Å²) in [5, 5.41) is 10.4. The van der Waals surface area contributed by atoms with Crippen LogP contribution in [0.4, 0.5) is 11.4 Å². The van der Waals surface area contributed by atoms with E-state index in [1.165, 1.54) is 27.7 Å². The van der Waals surface area contributed by atoms with Gasteiger partial charge in [0.15, 0.2) is 0 Å². The van der Waals surface area contributed by atoms with Crippen LogP contribution in [0.5, 0.6) is 0 Å². The average molecular weight is 637 g/mol. The molecule has 0 fully saturated rings. The number of nitrogens with zero attached hydrogens (tertiary/aromatic N) is 4. The van der Waals surface area contributed by atoms with E-state index in [0.717, 1.165) is 37.0 Å². The molecule has 0 bridgehead atoms. The van der Waals surface area contributed by atoms with Gasteiger partial charge >= 0.3 is 10.6 Å². The van der Waals surface area contributed by atoms with Gasteiger partial charge in [0, 0.05) is 11.1 Å². The number of benzene rings is 4. The third-order valence-electron chi connectivity index (χ3n) is 6.16. The molecule has 0 atom stereocenters. The quantitative estimate of drug-likeness (QED) is 0.150. The number of rotatable bonds is 5. The summed E-state index contributed by atoms with van der Waals surface area (Å²) < 4.78 is 60.0. The molecular weight excluding hydrogens is 617 g/mol. The van der Waals surface area contributed by atoms with Crippen molar-refractivity contribution in [2.45, 2.75) is 18.7 Å². The molecule has 0 unspecified atom stereocenters. The van der Waals surface area contributed by atoms with E-state index < -0.39 is 20.7 Å². The van der Waals surface area contributed by atoms with Gasteiger partial charge in [0.2, 0.25) is 0 Å². The first-order valence-corrected chi connectivity index (χ1v) is 16.2. The van der Waals surface area contributed by atoms with Crippen molar-refractivity contribution < 1.29 is 25.6 Å². The molecule has 14 heteroatoms. The number of azo groups is 1. The summed E-state index contributed by atoms with van der Waals surface area (Å²) in [4.78, 5) is 9.28. The van der Waals surface area contributed by atoms with Crippen molar-refractivity contribution in [1.82, 2.24) is 9.97 Å². The number of hydrogen-bond acceptors (Lipinski definition) is 11. The predicted octanol–water partition coefficient (Wildman–Crippen LogP) is 7.51. The molecule has 4 aromatic carbocycles. The van der Waals surface area contributed by atoms with Crippen LogP contribution >= 0.6 is 22.7 Å². The van der Waals surface area contributed by atoms with Crippen LogP contribution < -0.4 is 0 Å². The highest BCUT2D eigenvalue weighted by Gasteiger charge is 2.18. The van der Waals surface area contributed by atoms with Crippen LogP contribution in [0.15, 0.2) is 94.0 Å². The Bertz CT molecular complexity index is 2180. The van der Waals surface area contributed by atoms with Crippen molar-refractivity contribution >= 4 is 75.2 Å². The van der Waals surface area contributed by atoms with E-state index in [4.69, 9.17) is 17.6 Å². The summed E-state index contributed by atoms with van der Waals surface area (Å²) in [7, 11) is -7.40. The fraction of sp³-hybridized carbons (Fsp3) is 0.0714. The fourth-order valence-corrected chi connectivity index (χ4v) is 7.08. The molecule has 0 radical (unpaired) electrons. The number of fused-ring (bicyclic) bond motifs is 2. The Morgan fingerprint density at radius 1 is 0.690 bits per heavy atom. The second kappa shape index (κ2) is 12.0. The molecule has 0 saturated heterocycles. The molecule has 0 spiro atoms. The SMILES string of the molecule is Cc1cccc2nc(-c3ccc(N=Nc4ccc(-c5nc6ccc(S(=O)(=O)O)c(C)c6s5)cc4)cc3)sc12.O=S(=O)=O. The first kappa shape index (κ1) is 29.3. The molecule has 1 N–H and O–H groups in total. The largest absolute Gasteiger partial charge is 0.425 e. The highest BCUT2D eigenvalue weighted by molar-refractivity contribution is 7.86. The molecule has 0 aliphatic rings. The number of aryl methyl sites for hydroxylation is 2. The number of aromatic nitrogens is 2. The van der Waals surface area contributed by atoms with Crippen LogP contribution in [0.25, 0.3) is 41.6 Å². The first-order chi connectivity index (χ1) is 20.0. The van der Waals surface area contributed by atoms with Gasteiger partial charge in [-0.3, -0.25) is 4.55 Å². The Hall–Kier alpha value is -4.21. The van der Waals surface area contributed by atoms with Gasteiger partial charge in [0.05, 0.1) is 36.7 Å². The maximum Gasteiger partial charge on any atom is 0.425 e. The van der Waals surface area contributed by atoms with Crippen molar-refractivity contribution in [3.8, 4) is 21.1 Å². The van der Waals surface area contributed by atoms with Gasteiger partial charge in [-0.05, 0) is 91.7 Å². The number of thiazole rings is 2. The minimum absolute atomic E-state index is 0.0980. The molecule has 0 amide bonds. The molecule has 2 heterocycles. The van der Waals surface area contributed by atoms with Gasteiger partial charge in [0.25, 0.3) is 10.1 Å². The van der Waals surface area contributed by atoms with Gasteiger partial charge < -0.3 is 0 Å². The molecule has 6 aromatic rings. The molecular formula is C28H20N4O6S4. The lowest BCUT2D eigenvalue weighted by Crippen LogP contribution is -2.00. The van der Waals surface area contributed by atoms with E-state index in [1.54, 1.807) is 24.3 Å². The van der Waals surface area contributed by atoms with Crippen LogP contribution in [0.1, 0.15) is 11.1 Å². The average Bonchev–Trinajstić information content (AvgIpc) is 3.58. The summed E-state index contributed by atoms with van der Waals surface area (Å²) in [5.41, 5.74) is 6.79. The number of hydrogen-bond donors (Lipinski definition) is 1.